The lowest BCUT2D eigenvalue weighted by molar-refractivity contribution is 0.101. The van der Waals surface area contributed by atoms with Gasteiger partial charge in [0.2, 0.25) is 10.0 Å². The molecule has 7 heteroatoms. The summed E-state index contributed by atoms with van der Waals surface area (Å²) in [5.74, 6) is -0.629. The fourth-order valence-corrected chi connectivity index (χ4v) is 3.24. The molecule has 5 nitrogen and oxygen atoms in total. The van der Waals surface area contributed by atoms with Gasteiger partial charge in [0.25, 0.3) is 0 Å². The molecule has 24 heavy (non-hydrogen) atoms. The fraction of sp³-hybridized carbons (Fsp3) is 0.235. The zero-order valence-electron chi connectivity index (χ0n) is 13.1. The number of aliphatic hydroxyl groups excluding tert-OH is 1. The number of Topliss-reactive ketones (excluding diaryl/α,β-unsaturated/α-hetero) is 1. The highest BCUT2D eigenvalue weighted by atomic mass is 32.2. The van der Waals surface area contributed by atoms with Crippen molar-refractivity contribution >= 4 is 15.8 Å². The van der Waals surface area contributed by atoms with E-state index in [1.54, 1.807) is 6.07 Å². The highest BCUT2D eigenvalue weighted by Gasteiger charge is 2.16. The molecule has 1 atom stereocenters. The zero-order valence-corrected chi connectivity index (χ0v) is 13.9. The summed E-state index contributed by atoms with van der Waals surface area (Å²) in [6.45, 7) is 1.36. The molecule has 0 fully saturated rings. The Hall–Kier alpha value is -2.09. The molecular weight excluding hydrogens is 333 g/mol. The van der Waals surface area contributed by atoms with Gasteiger partial charge in [-0.15, -0.1) is 0 Å². The van der Waals surface area contributed by atoms with Crippen LogP contribution in [0.1, 0.15) is 35.4 Å². The Morgan fingerprint density at radius 2 is 1.88 bits per heavy atom. The monoisotopic (exact) mass is 351 g/mol. The van der Waals surface area contributed by atoms with Gasteiger partial charge in [-0.05, 0) is 43.2 Å². The van der Waals surface area contributed by atoms with Crippen molar-refractivity contribution in [1.82, 2.24) is 4.72 Å². The minimum absolute atomic E-state index is 0.00513. The molecule has 0 radical (unpaired) electrons. The summed E-state index contributed by atoms with van der Waals surface area (Å²) in [6, 6.07) is 11.1. The highest BCUT2D eigenvalue weighted by molar-refractivity contribution is 7.89. The van der Waals surface area contributed by atoms with Gasteiger partial charge in [0.15, 0.2) is 5.78 Å². The molecule has 0 heterocycles. The normalized spacial score (nSPS) is 12.8. The first kappa shape index (κ1) is 18.3. The highest BCUT2D eigenvalue weighted by Crippen LogP contribution is 2.17. The average molecular weight is 351 g/mol. The van der Waals surface area contributed by atoms with E-state index in [0.717, 1.165) is 0 Å². The molecule has 0 aliphatic rings. The number of hydrogen-bond donors (Lipinski definition) is 2. The summed E-state index contributed by atoms with van der Waals surface area (Å²) in [4.78, 5) is 11.3. The second-order valence-electron chi connectivity index (χ2n) is 5.34. The first-order valence-corrected chi connectivity index (χ1v) is 8.82. The molecule has 128 valence electrons. The van der Waals surface area contributed by atoms with E-state index < -0.39 is 21.9 Å². The van der Waals surface area contributed by atoms with Gasteiger partial charge < -0.3 is 5.11 Å². The summed E-state index contributed by atoms with van der Waals surface area (Å²) in [5, 5.41) is 9.99. The summed E-state index contributed by atoms with van der Waals surface area (Å²) in [5.41, 5.74) is 0.818. The van der Waals surface area contributed by atoms with Crippen LogP contribution in [0, 0.1) is 5.82 Å². The maximum atomic E-state index is 12.8. The van der Waals surface area contributed by atoms with E-state index in [1.807, 2.05) is 0 Å². The molecule has 2 rings (SSSR count). The minimum Gasteiger partial charge on any atom is -0.388 e. The molecule has 2 N–H and O–H groups in total. The number of aliphatic hydroxyl groups is 1. The molecular formula is C17H18FNO4S. The van der Waals surface area contributed by atoms with Crippen LogP contribution in [-0.4, -0.2) is 25.9 Å². The van der Waals surface area contributed by atoms with Crippen molar-refractivity contribution in [1.29, 1.82) is 0 Å². The van der Waals surface area contributed by atoms with E-state index in [4.69, 9.17) is 0 Å². The SMILES string of the molecule is CC(=O)c1cccc(S(=O)(=O)NCCC(O)c2ccc(F)cc2)c1. The molecule has 0 bridgehead atoms. The molecule has 2 aromatic carbocycles. The summed E-state index contributed by atoms with van der Waals surface area (Å²) in [6.07, 6.45) is -0.770. The number of sulfonamides is 1. The Labute approximate surface area is 140 Å². The molecule has 0 aliphatic heterocycles. The van der Waals surface area contributed by atoms with Crippen molar-refractivity contribution < 1.29 is 22.7 Å². The number of carbonyl (C=O) groups excluding carboxylic acids is 1. The second kappa shape index (κ2) is 7.65. The molecule has 1 unspecified atom stereocenters. The van der Waals surface area contributed by atoms with Crippen LogP contribution in [0.2, 0.25) is 0 Å². The standard InChI is InChI=1S/C17H18FNO4S/c1-12(20)14-3-2-4-16(11-14)24(22,23)19-10-9-17(21)13-5-7-15(18)8-6-13/h2-8,11,17,19,21H,9-10H2,1H3. The zero-order chi connectivity index (χ0) is 17.7. The van der Waals surface area contributed by atoms with Crippen LogP contribution in [0.25, 0.3) is 0 Å². The third kappa shape index (κ3) is 4.70. The van der Waals surface area contributed by atoms with E-state index in [1.165, 1.54) is 49.4 Å². The van der Waals surface area contributed by atoms with E-state index in [2.05, 4.69) is 4.72 Å². The van der Waals surface area contributed by atoms with Gasteiger partial charge in [-0.25, -0.2) is 17.5 Å². The average Bonchev–Trinajstić information content (AvgIpc) is 2.55. The Kier molecular flexibility index (Phi) is 5.82. The van der Waals surface area contributed by atoms with Crippen LogP contribution in [-0.2, 0) is 10.0 Å². The van der Waals surface area contributed by atoms with E-state index in [-0.39, 0.29) is 23.6 Å². The number of hydrogen-bond acceptors (Lipinski definition) is 4. The van der Waals surface area contributed by atoms with Gasteiger partial charge in [-0.2, -0.15) is 0 Å². The smallest absolute Gasteiger partial charge is 0.240 e. The van der Waals surface area contributed by atoms with E-state index in [9.17, 15) is 22.7 Å². The lowest BCUT2D eigenvalue weighted by atomic mass is 10.1. The predicted octanol–water partition coefficient (Wildman–Crippen LogP) is 2.43. The molecule has 0 aliphatic carbocycles. The quantitative estimate of drug-likeness (QED) is 0.751. The van der Waals surface area contributed by atoms with Crippen LogP contribution in [0.3, 0.4) is 0 Å². The van der Waals surface area contributed by atoms with E-state index in [0.29, 0.717) is 11.1 Å². The lowest BCUT2D eigenvalue weighted by Gasteiger charge is -2.12. The maximum Gasteiger partial charge on any atom is 0.240 e. The van der Waals surface area contributed by atoms with Crippen molar-refractivity contribution in [2.24, 2.45) is 0 Å². The molecule has 0 saturated carbocycles. The largest absolute Gasteiger partial charge is 0.388 e. The Morgan fingerprint density at radius 3 is 2.50 bits per heavy atom. The van der Waals surface area contributed by atoms with Gasteiger partial charge in [-0.3, -0.25) is 4.79 Å². The van der Waals surface area contributed by atoms with E-state index >= 15 is 0 Å². The number of rotatable bonds is 7. The first-order valence-electron chi connectivity index (χ1n) is 7.34. The van der Waals surface area contributed by atoms with Crippen LogP contribution in [0.4, 0.5) is 4.39 Å². The number of halogens is 1. The van der Waals surface area contributed by atoms with Gasteiger partial charge in [-0.1, -0.05) is 24.3 Å². The summed E-state index contributed by atoms with van der Waals surface area (Å²) in [7, 11) is -3.77. The summed E-state index contributed by atoms with van der Waals surface area (Å²) < 4.78 is 39.7. The van der Waals surface area contributed by atoms with Gasteiger partial charge in [0.1, 0.15) is 5.82 Å². The van der Waals surface area contributed by atoms with Crippen molar-refractivity contribution in [3.8, 4) is 0 Å². The third-order valence-corrected chi connectivity index (χ3v) is 4.97. The Morgan fingerprint density at radius 1 is 1.21 bits per heavy atom. The number of benzene rings is 2. The number of ketones is 1. The number of nitrogens with one attached hydrogen (secondary N) is 1. The number of carbonyl (C=O) groups is 1. The Bertz CT molecular complexity index is 819. The lowest BCUT2D eigenvalue weighted by Crippen LogP contribution is -2.26. The molecule has 0 amide bonds. The second-order valence-corrected chi connectivity index (χ2v) is 7.10. The van der Waals surface area contributed by atoms with Gasteiger partial charge in [0, 0.05) is 12.1 Å². The first-order chi connectivity index (χ1) is 11.3. The molecule has 0 saturated heterocycles. The Balaban J connectivity index is 1.99. The van der Waals surface area contributed by atoms with Crippen molar-refractivity contribution in [3.63, 3.8) is 0 Å². The van der Waals surface area contributed by atoms with Crippen molar-refractivity contribution in [3.05, 3.63) is 65.5 Å². The topological polar surface area (TPSA) is 83.5 Å². The summed E-state index contributed by atoms with van der Waals surface area (Å²) >= 11 is 0. The molecule has 0 aromatic heterocycles. The van der Waals surface area contributed by atoms with Crippen molar-refractivity contribution in [2.45, 2.75) is 24.3 Å². The predicted molar refractivity (Wildman–Crippen MR) is 87.6 cm³/mol. The van der Waals surface area contributed by atoms with Crippen LogP contribution < -0.4 is 4.72 Å². The fourth-order valence-electron chi connectivity index (χ4n) is 2.15. The van der Waals surface area contributed by atoms with Crippen LogP contribution >= 0.6 is 0 Å². The molecule has 2 aromatic rings. The van der Waals surface area contributed by atoms with Crippen LogP contribution in [0.5, 0.6) is 0 Å². The third-order valence-electron chi connectivity index (χ3n) is 3.52. The van der Waals surface area contributed by atoms with Gasteiger partial charge in [0.05, 0.1) is 11.0 Å². The molecule has 0 spiro atoms. The maximum absolute atomic E-state index is 12.8. The van der Waals surface area contributed by atoms with Crippen molar-refractivity contribution in [2.75, 3.05) is 6.54 Å². The van der Waals surface area contributed by atoms with Crippen LogP contribution in [0.15, 0.2) is 53.4 Å². The van der Waals surface area contributed by atoms with Gasteiger partial charge >= 0.3 is 0 Å². The minimum atomic E-state index is -3.77.